The van der Waals surface area contributed by atoms with Crippen LogP contribution in [0.2, 0.25) is 0 Å². The number of anilines is 1. The van der Waals surface area contributed by atoms with Gasteiger partial charge in [-0.3, -0.25) is 9.59 Å². The van der Waals surface area contributed by atoms with Crippen molar-refractivity contribution >= 4 is 27.6 Å². The summed E-state index contributed by atoms with van der Waals surface area (Å²) in [5.74, 6) is -0.883. The third-order valence-electron chi connectivity index (χ3n) is 4.04. The summed E-state index contributed by atoms with van der Waals surface area (Å²) in [5, 5.41) is 2.63. The van der Waals surface area contributed by atoms with E-state index < -0.39 is 34.0 Å². The molecule has 0 saturated heterocycles. The van der Waals surface area contributed by atoms with E-state index in [1.165, 1.54) is 45.2 Å². The first kappa shape index (κ1) is 22.4. The van der Waals surface area contributed by atoms with Crippen molar-refractivity contribution in [2.45, 2.75) is 37.8 Å². The maximum Gasteiger partial charge on any atom is 0.324 e. The Morgan fingerprint density at radius 1 is 0.966 bits per heavy atom. The summed E-state index contributed by atoms with van der Waals surface area (Å²) < 4.78 is 37.1. The van der Waals surface area contributed by atoms with E-state index in [9.17, 15) is 18.0 Å². The normalized spacial score (nSPS) is 13.2. The monoisotopic (exact) mass is 420 g/mol. The zero-order chi connectivity index (χ0) is 21.6. The van der Waals surface area contributed by atoms with Crippen molar-refractivity contribution in [1.82, 2.24) is 4.72 Å². The molecule has 2 aromatic rings. The number of methoxy groups -OCH3 is 1. The first-order chi connectivity index (χ1) is 13.6. The van der Waals surface area contributed by atoms with Crippen molar-refractivity contribution in [2.24, 2.45) is 0 Å². The third kappa shape index (κ3) is 6.30. The maximum atomic E-state index is 12.4. The van der Waals surface area contributed by atoms with Crippen LogP contribution >= 0.6 is 0 Å². The van der Waals surface area contributed by atoms with E-state index in [4.69, 9.17) is 9.47 Å². The van der Waals surface area contributed by atoms with Gasteiger partial charge in [0.15, 0.2) is 6.10 Å². The van der Waals surface area contributed by atoms with Crippen LogP contribution in [-0.2, 0) is 24.3 Å². The van der Waals surface area contributed by atoms with E-state index >= 15 is 0 Å². The molecule has 0 aliphatic rings. The summed E-state index contributed by atoms with van der Waals surface area (Å²) >= 11 is 0. The molecule has 0 saturated carbocycles. The summed E-state index contributed by atoms with van der Waals surface area (Å²) in [6.45, 7) is 4.67. The number of sulfonamides is 1. The smallest absolute Gasteiger partial charge is 0.324 e. The molecule has 0 heterocycles. The molecule has 0 bridgehead atoms. The first-order valence-electron chi connectivity index (χ1n) is 8.87. The van der Waals surface area contributed by atoms with Gasteiger partial charge in [-0.15, -0.1) is 0 Å². The molecule has 2 aromatic carbocycles. The summed E-state index contributed by atoms with van der Waals surface area (Å²) in [6.07, 6.45) is -1.10. The molecule has 0 fully saturated rings. The van der Waals surface area contributed by atoms with Gasteiger partial charge in [0.1, 0.15) is 11.8 Å². The van der Waals surface area contributed by atoms with Crippen LogP contribution in [0.25, 0.3) is 0 Å². The maximum absolute atomic E-state index is 12.4. The Bertz CT molecular complexity index is 955. The molecule has 2 N–H and O–H groups in total. The highest BCUT2D eigenvalue weighted by molar-refractivity contribution is 7.89. The van der Waals surface area contributed by atoms with Crippen LogP contribution in [-0.4, -0.2) is 39.5 Å². The number of carbonyl (C=O) groups excluding carboxylic acids is 2. The van der Waals surface area contributed by atoms with Crippen molar-refractivity contribution in [3.63, 3.8) is 0 Å². The number of hydrogen-bond acceptors (Lipinski definition) is 6. The molecular formula is C20H24N2O6S. The number of carbonyl (C=O) groups is 2. The van der Waals surface area contributed by atoms with Crippen LogP contribution < -0.4 is 14.8 Å². The van der Waals surface area contributed by atoms with Gasteiger partial charge in [0.05, 0.1) is 12.0 Å². The average molecular weight is 420 g/mol. The third-order valence-corrected chi connectivity index (χ3v) is 5.59. The Balaban J connectivity index is 1.94. The number of benzene rings is 2. The van der Waals surface area contributed by atoms with Crippen molar-refractivity contribution in [2.75, 3.05) is 12.4 Å². The van der Waals surface area contributed by atoms with E-state index in [0.717, 1.165) is 5.56 Å². The molecule has 0 spiro atoms. The lowest BCUT2D eigenvalue weighted by Crippen LogP contribution is -2.42. The number of nitrogens with one attached hydrogen (secondary N) is 2. The topological polar surface area (TPSA) is 111 Å². The van der Waals surface area contributed by atoms with Crippen LogP contribution in [0.4, 0.5) is 5.69 Å². The number of hydrogen-bond donors (Lipinski definition) is 2. The molecule has 2 atom stereocenters. The zero-order valence-corrected chi connectivity index (χ0v) is 17.4. The summed E-state index contributed by atoms with van der Waals surface area (Å²) in [7, 11) is -2.48. The van der Waals surface area contributed by atoms with Gasteiger partial charge in [0.25, 0.3) is 5.91 Å². The summed E-state index contributed by atoms with van der Waals surface area (Å²) in [6, 6.07) is 11.7. The average Bonchev–Trinajstić information content (AvgIpc) is 2.69. The lowest BCUT2D eigenvalue weighted by atomic mass is 10.2. The number of rotatable bonds is 8. The first-order valence-corrected chi connectivity index (χ1v) is 10.3. The quantitative estimate of drug-likeness (QED) is 0.634. The highest BCUT2D eigenvalue weighted by Crippen LogP contribution is 2.16. The van der Waals surface area contributed by atoms with Crippen molar-refractivity contribution in [3.05, 3.63) is 54.1 Å². The molecule has 156 valence electrons. The summed E-state index contributed by atoms with van der Waals surface area (Å²) in [4.78, 5) is 24.4. The molecule has 1 amide bonds. The largest absolute Gasteiger partial charge is 0.497 e. The van der Waals surface area contributed by atoms with Gasteiger partial charge in [0, 0.05) is 5.69 Å². The van der Waals surface area contributed by atoms with Gasteiger partial charge in [-0.25, -0.2) is 8.42 Å². The van der Waals surface area contributed by atoms with Gasteiger partial charge in [-0.2, -0.15) is 4.72 Å². The molecule has 29 heavy (non-hydrogen) atoms. The van der Waals surface area contributed by atoms with Gasteiger partial charge >= 0.3 is 5.97 Å². The molecule has 2 rings (SSSR count). The molecule has 9 heteroatoms. The van der Waals surface area contributed by atoms with Crippen LogP contribution in [0.1, 0.15) is 19.4 Å². The van der Waals surface area contributed by atoms with E-state index in [1.807, 2.05) is 19.1 Å². The second-order valence-corrected chi connectivity index (χ2v) is 8.17. The van der Waals surface area contributed by atoms with E-state index in [-0.39, 0.29) is 4.90 Å². The van der Waals surface area contributed by atoms with Crippen LogP contribution in [0.3, 0.4) is 0 Å². The predicted molar refractivity (Wildman–Crippen MR) is 108 cm³/mol. The molecule has 8 nitrogen and oxygen atoms in total. The molecule has 0 aliphatic heterocycles. The van der Waals surface area contributed by atoms with E-state index in [2.05, 4.69) is 10.0 Å². The van der Waals surface area contributed by atoms with Crippen LogP contribution in [0, 0.1) is 6.92 Å². The van der Waals surface area contributed by atoms with Gasteiger partial charge in [-0.1, -0.05) is 17.7 Å². The van der Waals surface area contributed by atoms with Crippen LogP contribution in [0.5, 0.6) is 5.75 Å². The molecule has 0 aliphatic carbocycles. The number of ether oxygens (including phenoxy) is 2. The number of amides is 1. The fourth-order valence-corrected chi connectivity index (χ4v) is 3.51. The minimum atomic E-state index is -3.95. The molecule has 0 aromatic heterocycles. The molecule has 0 radical (unpaired) electrons. The molecule has 0 unspecified atom stereocenters. The lowest BCUT2D eigenvalue weighted by molar-refractivity contribution is -0.154. The Hall–Kier alpha value is -2.91. The van der Waals surface area contributed by atoms with E-state index in [0.29, 0.717) is 11.4 Å². The van der Waals surface area contributed by atoms with Crippen molar-refractivity contribution < 1.29 is 27.5 Å². The highest BCUT2D eigenvalue weighted by Gasteiger charge is 2.26. The van der Waals surface area contributed by atoms with Crippen molar-refractivity contribution in [1.29, 1.82) is 0 Å². The fraction of sp³-hybridized carbons (Fsp3) is 0.300. The molecular weight excluding hydrogens is 396 g/mol. The zero-order valence-electron chi connectivity index (χ0n) is 16.6. The second-order valence-electron chi connectivity index (χ2n) is 6.45. The Labute approximate surface area is 170 Å². The highest BCUT2D eigenvalue weighted by atomic mass is 32.2. The van der Waals surface area contributed by atoms with Gasteiger partial charge in [0.2, 0.25) is 10.0 Å². The lowest BCUT2D eigenvalue weighted by Gasteiger charge is -2.18. The summed E-state index contributed by atoms with van der Waals surface area (Å²) in [5.41, 5.74) is 1.61. The number of aryl methyl sites for hydroxylation is 1. The van der Waals surface area contributed by atoms with Crippen molar-refractivity contribution in [3.8, 4) is 5.75 Å². The van der Waals surface area contributed by atoms with Crippen LogP contribution in [0.15, 0.2) is 53.4 Å². The fourth-order valence-electron chi connectivity index (χ4n) is 2.31. The minimum Gasteiger partial charge on any atom is -0.497 e. The minimum absolute atomic E-state index is 0.0249. The second kappa shape index (κ2) is 9.53. The Morgan fingerprint density at radius 2 is 1.55 bits per heavy atom. The van der Waals surface area contributed by atoms with Gasteiger partial charge < -0.3 is 14.8 Å². The Kier molecular flexibility index (Phi) is 7.35. The van der Waals surface area contributed by atoms with E-state index in [1.54, 1.807) is 12.1 Å². The SMILES string of the molecule is COc1ccc(S(=O)(=O)N[C@@H](C)C(=O)O[C@@H](C)C(=O)Nc2ccc(C)cc2)cc1. The standard InChI is InChI=1S/C20H24N2O6S/c1-13-5-7-16(8-6-13)21-19(23)15(3)28-20(24)14(2)22-29(25,26)18-11-9-17(27-4)10-12-18/h5-12,14-15,22H,1-4H3,(H,21,23)/t14-,15-/m0/s1. The predicted octanol–water partition coefficient (Wildman–Crippen LogP) is 2.24. The Morgan fingerprint density at radius 3 is 2.10 bits per heavy atom. The number of esters is 1. The van der Waals surface area contributed by atoms with Gasteiger partial charge in [-0.05, 0) is 57.2 Å².